The number of nitrogens with one attached hydrogen (secondary N) is 1. The molecule has 0 radical (unpaired) electrons. The monoisotopic (exact) mass is 174 g/mol. The number of nitrogens with two attached hydrogens (primary N) is 1. The average Bonchev–Trinajstić information content (AvgIpc) is 2.11. The van der Waals surface area contributed by atoms with Gasteiger partial charge in [-0.05, 0) is 0 Å². The lowest BCUT2D eigenvalue weighted by molar-refractivity contribution is -0.141. The van der Waals surface area contributed by atoms with E-state index in [2.05, 4.69) is 10.1 Å². The molecule has 5 nitrogen and oxygen atoms in total. The van der Waals surface area contributed by atoms with E-state index in [0.717, 1.165) is 0 Å². The molecule has 1 unspecified atom stereocenters. The molecule has 0 fully saturated rings. The van der Waals surface area contributed by atoms with Crippen molar-refractivity contribution in [3.63, 3.8) is 0 Å². The second-order valence-electron chi connectivity index (χ2n) is 2.43. The van der Waals surface area contributed by atoms with Crippen LogP contribution in [0.4, 0.5) is 0 Å². The molecule has 5 heteroatoms. The normalized spacial score (nSPS) is 11.9. The average molecular weight is 174 g/mol. The van der Waals surface area contributed by atoms with Gasteiger partial charge in [-0.1, -0.05) is 6.92 Å². The molecule has 0 aromatic rings. The Hall–Kier alpha value is -1.10. The first kappa shape index (κ1) is 10.9. The van der Waals surface area contributed by atoms with Gasteiger partial charge in [0.25, 0.3) is 0 Å². The summed E-state index contributed by atoms with van der Waals surface area (Å²) in [4.78, 5) is 21.6. The highest BCUT2D eigenvalue weighted by Gasteiger charge is 2.11. The molecular weight excluding hydrogens is 160 g/mol. The van der Waals surface area contributed by atoms with E-state index in [1.807, 2.05) is 0 Å². The third kappa shape index (κ3) is 3.92. The molecule has 0 aliphatic rings. The highest BCUT2D eigenvalue weighted by atomic mass is 16.5. The molecule has 0 aromatic heterocycles. The maximum absolute atomic E-state index is 11.0. The van der Waals surface area contributed by atoms with Crippen molar-refractivity contribution in [1.29, 1.82) is 0 Å². The molecule has 1 amide bonds. The fraction of sp³-hybridized carbons (Fsp3) is 0.714. The van der Waals surface area contributed by atoms with Gasteiger partial charge in [-0.25, -0.2) is 0 Å². The van der Waals surface area contributed by atoms with Crippen molar-refractivity contribution in [3.05, 3.63) is 0 Å². The van der Waals surface area contributed by atoms with Crippen molar-refractivity contribution in [2.24, 2.45) is 11.7 Å². The van der Waals surface area contributed by atoms with E-state index in [4.69, 9.17) is 5.73 Å². The molecule has 0 saturated heterocycles. The lowest BCUT2D eigenvalue weighted by Crippen LogP contribution is -2.36. The number of ether oxygens (including phenoxy) is 1. The fourth-order valence-electron chi connectivity index (χ4n) is 0.513. The molecule has 70 valence electrons. The second kappa shape index (κ2) is 5.54. The topological polar surface area (TPSA) is 81.4 Å². The highest BCUT2D eigenvalue weighted by Crippen LogP contribution is 1.89. The Balaban J connectivity index is 3.64. The van der Waals surface area contributed by atoms with E-state index >= 15 is 0 Å². The maximum atomic E-state index is 11.0. The van der Waals surface area contributed by atoms with Crippen LogP contribution in [0.2, 0.25) is 0 Å². The molecule has 0 aromatic carbocycles. The van der Waals surface area contributed by atoms with Crippen molar-refractivity contribution >= 4 is 11.9 Å². The summed E-state index contributed by atoms with van der Waals surface area (Å²) in [7, 11) is 1.26. The summed E-state index contributed by atoms with van der Waals surface area (Å²) >= 11 is 0. The summed E-state index contributed by atoms with van der Waals surface area (Å²) in [5.74, 6) is -0.967. The van der Waals surface area contributed by atoms with Gasteiger partial charge in [-0.2, -0.15) is 0 Å². The minimum Gasteiger partial charge on any atom is -0.468 e. The van der Waals surface area contributed by atoms with Crippen molar-refractivity contribution in [1.82, 2.24) is 5.32 Å². The Bertz CT molecular complexity index is 170. The smallest absolute Gasteiger partial charge is 0.325 e. The summed E-state index contributed by atoms with van der Waals surface area (Å²) in [6.45, 7) is 1.86. The van der Waals surface area contributed by atoms with Crippen molar-refractivity contribution < 1.29 is 14.3 Å². The Kier molecular flexibility index (Phi) is 5.03. The van der Waals surface area contributed by atoms with E-state index in [0.29, 0.717) is 0 Å². The van der Waals surface area contributed by atoms with Gasteiger partial charge >= 0.3 is 5.97 Å². The van der Waals surface area contributed by atoms with E-state index < -0.39 is 5.97 Å². The van der Waals surface area contributed by atoms with Gasteiger partial charge in [0, 0.05) is 12.5 Å². The number of esters is 1. The van der Waals surface area contributed by atoms with Crippen LogP contribution in [0.3, 0.4) is 0 Å². The van der Waals surface area contributed by atoms with Crippen molar-refractivity contribution in [3.8, 4) is 0 Å². The lowest BCUT2D eigenvalue weighted by Gasteiger charge is -2.07. The van der Waals surface area contributed by atoms with Crippen LogP contribution < -0.4 is 11.1 Å². The molecule has 12 heavy (non-hydrogen) atoms. The zero-order valence-electron chi connectivity index (χ0n) is 7.29. The van der Waals surface area contributed by atoms with Crippen LogP contribution in [0.1, 0.15) is 6.92 Å². The summed E-state index contributed by atoms with van der Waals surface area (Å²) in [5.41, 5.74) is 5.23. The molecular formula is C7H14N2O3. The van der Waals surface area contributed by atoms with Crippen molar-refractivity contribution in [2.75, 3.05) is 20.2 Å². The fourth-order valence-corrected chi connectivity index (χ4v) is 0.513. The molecule has 1 atom stereocenters. The number of amides is 1. The Labute approximate surface area is 71.3 Å². The Morgan fingerprint density at radius 3 is 2.58 bits per heavy atom. The number of hydrogen-bond acceptors (Lipinski definition) is 4. The lowest BCUT2D eigenvalue weighted by atomic mass is 10.2. The van der Waals surface area contributed by atoms with E-state index in [1.54, 1.807) is 6.92 Å². The number of hydrogen-bond donors (Lipinski definition) is 2. The van der Waals surface area contributed by atoms with Gasteiger partial charge in [-0.15, -0.1) is 0 Å². The van der Waals surface area contributed by atoms with Gasteiger partial charge in [0.1, 0.15) is 6.54 Å². The molecule has 0 saturated carbocycles. The predicted octanol–water partition coefficient (Wildman–Crippen LogP) is -1.13. The van der Waals surface area contributed by atoms with Gasteiger partial charge in [0.05, 0.1) is 7.11 Å². The third-order valence-corrected chi connectivity index (χ3v) is 1.44. The number of methoxy groups -OCH3 is 1. The second-order valence-corrected chi connectivity index (χ2v) is 2.43. The molecule has 0 aliphatic carbocycles. The van der Waals surface area contributed by atoms with E-state index in [9.17, 15) is 9.59 Å². The standard InChI is InChI=1S/C7H14N2O3/c1-5(3-8)7(11)9-4-6(10)12-2/h5H,3-4,8H2,1-2H3,(H,9,11). The largest absolute Gasteiger partial charge is 0.468 e. The van der Waals surface area contributed by atoms with Crippen LogP contribution in [0.15, 0.2) is 0 Å². The van der Waals surface area contributed by atoms with Crippen LogP contribution in [0.25, 0.3) is 0 Å². The molecule has 0 rings (SSSR count). The summed E-state index contributed by atoms with van der Waals surface area (Å²) in [6.07, 6.45) is 0. The molecule has 0 bridgehead atoms. The predicted molar refractivity (Wildman–Crippen MR) is 43.2 cm³/mol. The molecule has 0 spiro atoms. The summed E-state index contributed by atoms with van der Waals surface area (Å²) in [5, 5.41) is 2.39. The van der Waals surface area contributed by atoms with E-state index in [-0.39, 0.29) is 24.9 Å². The van der Waals surface area contributed by atoms with Crippen LogP contribution in [0, 0.1) is 5.92 Å². The van der Waals surface area contributed by atoms with E-state index in [1.165, 1.54) is 7.11 Å². The van der Waals surface area contributed by atoms with Gasteiger partial charge in [0.15, 0.2) is 0 Å². The zero-order chi connectivity index (χ0) is 9.56. The number of rotatable bonds is 4. The summed E-state index contributed by atoms with van der Waals surface area (Å²) < 4.78 is 4.33. The van der Waals surface area contributed by atoms with Crippen LogP contribution in [0.5, 0.6) is 0 Å². The van der Waals surface area contributed by atoms with Crippen LogP contribution in [-0.2, 0) is 14.3 Å². The Morgan fingerprint density at radius 2 is 2.17 bits per heavy atom. The first-order valence-corrected chi connectivity index (χ1v) is 3.66. The minimum atomic E-state index is -0.465. The Morgan fingerprint density at radius 1 is 1.58 bits per heavy atom. The van der Waals surface area contributed by atoms with Gasteiger partial charge < -0.3 is 15.8 Å². The maximum Gasteiger partial charge on any atom is 0.325 e. The number of carbonyl (C=O) groups excluding carboxylic acids is 2. The minimum absolute atomic E-state index is 0.0975. The molecule has 0 heterocycles. The zero-order valence-corrected chi connectivity index (χ0v) is 7.29. The molecule has 3 N–H and O–H groups in total. The van der Waals surface area contributed by atoms with Crippen molar-refractivity contribution in [2.45, 2.75) is 6.92 Å². The van der Waals surface area contributed by atoms with Crippen LogP contribution >= 0.6 is 0 Å². The molecule has 0 aliphatic heterocycles. The van der Waals surface area contributed by atoms with Gasteiger partial charge in [-0.3, -0.25) is 9.59 Å². The first-order chi connectivity index (χ1) is 5.61. The highest BCUT2D eigenvalue weighted by molar-refractivity contribution is 5.83. The number of carbonyl (C=O) groups is 2. The first-order valence-electron chi connectivity index (χ1n) is 3.66. The quantitative estimate of drug-likeness (QED) is 0.528. The summed E-state index contributed by atoms with van der Waals surface area (Å²) in [6, 6.07) is 0. The third-order valence-electron chi connectivity index (χ3n) is 1.44. The van der Waals surface area contributed by atoms with Crippen LogP contribution in [-0.4, -0.2) is 32.1 Å². The van der Waals surface area contributed by atoms with Gasteiger partial charge in [0.2, 0.25) is 5.91 Å². The SMILES string of the molecule is COC(=O)CNC(=O)C(C)CN.